The van der Waals surface area contributed by atoms with Gasteiger partial charge in [0, 0.05) is 24.7 Å². The number of para-hydroxylation sites is 2. The molecule has 0 saturated heterocycles. The van der Waals surface area contributed by atoms with Crippen LogP contribution in [0.25, 0.3) is 0 Å². The molecule has 2 aromatic carbocycles. The Labute approximate surface area is 159 Å². The summed E-state index contributed by atoms with van der Waals surface area (Å²) < 4.78 is 25.6. The maximum Gasteiger partial charge on any atom is 0.232 e. The first kappa shape index (κ1) is 18.7. The zero-order chi connectivity index (χ0) is 18.9. The molecular formula is C19H21ClN2O3S. The van der Waals surface area contributed by atoms with Crippen LogP contribution in [0.2, 0.25) is 5.02 Å². The lowest BCUT2D eigenvalue weighted by atomic mass is 10.1. The summed E-state index contributed by atoms with van der Waals surface area (Å²) in [7, 11) is -3.56. The van der Waals surface area contributed by atoms with Crippen LogP contribution in [0, 0.1) is 0 Å². The second kappa shape index (κ2) is 7.29. The lowest BCUT2D eigenvalue weighted by molar-refractivity contribution is -0.118. The molecule has 0 fully saturated rings. The van der Waals surface area contributed by atoms with Crippen LogP contribution < -0.4 is 9.21 Å². The Kier molecular flexibility index (Phi) is 5.25. The van der Waals surface area contributed by atoms with Crippen LogP contribution >= 0.6 is 11.6 Å². The molecule has 0 saturated carbocycles. The standard InChI is InChI=1S/C19H21ClN2O3S/c1-14-13-15-7-3-5-9-17(15)22(14)19(23)11-12-21(26(2,24)25)18-10-6-4-8-16(18)20/h3-10,14H,11-13H2,1-2H3. The number of nitrogens with zero attached hydrogens (tertiary/aromatic N) is 2. The molecule has 3 rings (SSSR count). The monoisotopic (exact) mass is 392 g/mol. The Hall–Kier alpha value is -2.05. The number of hydrogen-bond donors (Lipinski definition) is 0. The van der Waals surface area contributed by atoms with Gasteiger partial charge in [-0.25, -0.2) is 8.42 Å². The fourth-order valence-electron chi connectivity index (χ4n) is 3.38. The average molecular weight is 393 g/mol. The van der Waals surface area contributed by atoms with E-state index in [4.69, 9.17) is 11.6 Å². The molecule has 0 spiro atoms. The fraction of sp³-hybridized carbons (Fsp3) is 0.316. The predicted molar refractivity (Wildman–Crippen MR) is 105 cm³/mol. The third-order valence-corrected chi connectivity index (χ3v) is 6.03. The largest absolute Gasteiger partial charge is 0.309 e. The minimum absolute atomic E-state index is 0.0484. The van der Waals surface area contributed by atoms with Gasteiger partial charge in [0.25, 0.3) is 0 Å². The van der Waals surface area contributed by atoms with Gasteiger partial charge < -0.3 is 4.90 Å². The molecule has 26 heavy (non-hydrogen) atoms. The van der Waals surface area contributed by atoms with E-state index in [1.165, 1.54) is 4.31 Å². The highest BCUT2D eigenvalue weighted by Crippen LogP contribution is 2.33. The molecule has 0 N–H and O–H groups in total. The van der Waals surface area contributed by atoms with Gasteiger partial charge >= 0.3 is 0 Å². The molecule has 0 aromatic heterocycles. The highest BCUT2D eigenvalue weighted by atomic mass is 35.5. The molecule has 1 unspecified atom stereocenters. The summed E-state index contributed by atoms with van der Waals surface area (Å²) >= 11 is 6.16. The van der Waals surface area contributed by atoms with Gasteiger partial charge in [0.05, 0.1) is 17.0 Å². The van der Waals surface area contributed by atoms with Crippen LogP contribution in [0.15, 0.2) is 48.5 Å². The van der Waals surface area contributed by atoms with Gasteiger partial charge in [-0.05, 0) is 37.1 Å². The Balaban J connectivity index is 1.80. The first-order valence-corrected chi connectivity index (χ1v) is 10.6. The quantitative estimate of drug-likeness (QED) is 0.782. The third kappa shape index (κ3) is 3.71. The minimum Gasteiger partial charge on any atom is -0.309 e. The normalized spacial score (nSPS) is 16.4. The zero-order valence-corrected chi connectivity index (χ0v) is 16.3. The lowest BCUT2D eigenvalue weighted by Gasteiger charge is -2.26. The molecule has 7 heteroatoms. The summed E-state index contributed by atoms with van der Waals surface area (Å²) in [4.78, 5) is 14.6. The van der Waals surface area contributed by atoms with Gasteiger partial charge in [0.1, 0.15) is 0 Å². The van der Waals surface area contributed by atoms with Gasteiger partial charge in [-0.1, -0.05) is 41.9 Å². The van der Waals surface area contributed by atoms with E-state index in [2.05, 4.69) is 0 Å². The van der Waals surface area contributed by atoms with E-state index in [-0.39, 0.29) is 24.9 Å². The number of benzene rings is 2. The fourth-order valence-corrected chi connectivity index (χ4v) is 4.61. The van der Waals surface area contributed by atoms with E-state index < -0.39 is 10.0 Å². The average Bonchev–Trinajstić information content (AvgIpc) is 2.91. The van der Waals surface area contributed by atoms with Crippen molar-refractivity contribution in [1.82, 2.24) is 0 Å². The van der Waals surface area contributed by atoms with E-state index in [0.29, 0.717) is 10.7 Å². The molecule has 0 aliphatic carbocycles. The summed E-state index contributed by atoms with van der Waals surface area (Å²) in [6.45, 7) is 2.05. The van der Waals surface area contributed by atoms with Crippen molar-refractivity contribution >= 4 is 38.9 Å². The van der Waals surface area contributed by atoms with E-state index in [1.54, 1.807) is 29.2 Å². The summed E-state index contributed by atoms with van der Waals surface area (Å²) in [6, 6.07) is 14.6. The number of sulfonamides is 1. The Morgan fingerprint density at radius 3 is 2.54 bits per heavy atom. The smallest absolute Gasteiger partial charge is 0.232 e. The summed E-state index contributed by atoms with van der Waals surface area (Å²) in [5.74, 6) is -0.0943. The van der Waals surface area contributed by atoms with Gasteiger partial charge in [-0.15, -0.1) is 0 Å². The van der Waals surface area contributed by atoms with Crippen LogP contribution in [0.3, 0.4) is 0 Å². The zero-order valence-electron chi connectivity index (χ0n) is 14.7. The van der Waals surface area contributed by atoms with Gasteiger partial charge in [0.2, 0.25) is 15.9 Å². The molecule has 5 nitrogen and oxygen atoms in total. The summed E-state index contributed by atoms with van der Waals surface area (Å²) in [5, 5.41) is 0.338. The maximum atomic E-state index is 12.8. The molecule has 138 valence electrons. The maximum absolute atomic E-state index is 12.8. The summed E-state index contributed by atoms with van der Waals surface area (Å²) in [5.41, 5.74) is 2.44. The number of rotatable bonds is 5. The number of carbonyl (C=O) groups excluding carboxylic acids is 1. The summed E-state index contributed by atoms with van der Waals surface area (Å²) in [6.07, 6.45) is 2.01. The van der Waals surface area contributed by atoms with Crippen molar-refractivity contribution < 1.29 is 13.2 Å². The van der Waals surface area contributed by atoms with Crippen molar-refractivity contribution in [3.63, 3.8) is 0 Å². The van der Waals surface area contributed by atoms with E-state index in [1.807, 2.05) is 31.2 Å². The number of fused-ring (bicyclic) bond motifs is 1. The number of halogens is 1. The molecule has 2 aromatic rings. The topological polar surface area (TPSA) is 57.7 Å². The van der Waals surface area contributed by atoms with Gasteiger partial charge in [-0.2, -0.15) is 0 Å². The number of carbonyl (C=O) groups is 1. The highest BCUT2D eigenvalue weighted by Gasteiger charge is 2.31. The Morgan fingerprint density at radius 2 is 1.85 bits per heavy atom. The molecule has 1 aliphatic heterocycles. The van der Waals surface area contributed by atoms with Crippen LogP contribution in [0.5, 0.6) is 0 Å². The van der Waals surface area contributed by atoms with E-state index >= 15 is 0 Å². The molecule has 0 radical (unpaired) electrons. The second-order valence-corrected chi connectivity index (χ2v) is 8.80. The number of anilines is 2. The molecule has 0 bridgehead atoms. The van der Waals surface area contributed by atoms with Crippen LogP contribution in [-0.4, -0.2) is 33.2 Å². The van der Waals surface area contributed by atoms with Crippen molar-refractivity contribution in [1.29, 1.82) is 0 Å². The van der Waals surface area contributed by atoms with Gasteiger partial charge in [-0.3, -0.25) is 9.10 Å². The number of amides is 1. The third-order valence-electron chi connectivity index (χ3n) is 4.53. The molecule has 1 amide bonds. The predicted octanol–water partition coefficient (Wildman–Crippen LogP) is 3.47. The molecule has 1 heterocycles. The lowest BCUT2D eigenvalue weighted by Crippen LogP contribution is -2.39. The minimum atomic E-state index is -3.56. The first-order valence-electron chi connectivity index (χ1n) is 8.41. The number of hydrogen-bond acceptors (Lipinski definition) is 3. The first-order chi connectivity index (χ1) is 12.3. The second-order valence-electron chi connectivity index (χ2n) is 6.48. The van der Waals surface area contributed by atoms with Crippen LogP contribution in [0.1, 0.15) is 18.9 Å². The van der Waals surface area contributed by atoms with E-state index in [0.717, 1.165) is 23.9 Å². The van der Waals surface area contributed by atoms with Crippen molar-refractivity contribution in [2.45, 2.75) is 25.8 Å². The van der Waals surface area contributed by atoms with E-state index in [9.17, 15) is 13.2 Å². The van der Waals surface area contributed by atoms with Crippen LogP contribution in [-0.2, 0) is 21.2 Å². The highest BCUT2D eigenvalue weighted by molar-refractivity contribution is 7.92. The molecular weight excluding hydrogens is 372 g/mol. The molecule has 1 aliphatic rings. The van der Waals surface area contributed by atoms with Crippen molar-refractivity contribution in [2.75, 3.05) is 22.0 Å². The molecule has 1 atom stereocenters. The Morgan fingerprint density at radius 1 is 1.19 bits per heavy atom. The van der Waals surface area contributed by atoms with Crippen LogP contribution in [0.4, 0.5) is 11.4 Å². The Bertz CT molecular complexity index is 930. The van der Waals surface area contributed by atoms with Gasteiger partial charge in [0.15, 0.2) is 0 Å². The SMILES string of the molecule is CC1Cc2ccccc2N1C(=O)CCN(c1ccccc1Cl)S(C)(=O)=O. The van der Waals surface area contributed by atoms with Crippen molar-refractivity contribution in [2.24, 2.45) is 0 Å². The van der Waals surface area contributed by atoms with Crippen molar-refractivity contribution in [3.05, 3.63) is 59.1 Å². The van der Waals surface area contributed by atoms with Crippen molar-refractivity contribution in [3.8, 4) is 0 Å².